The van der Waals surface area contributed by atoms with Crippen LogP contribution in [0.4, 0.5) is 5.69 Å². The van der Waals surface area contributed by atoms with Gasteiger partial charge in [0.05, 0.1) is 15.5 Å². The largest absolute Gasteiger partial charge is 0.322 e. The molecule has 0 atom stereocenters. The Morgan fingerprint density at radius 1 is 1.03 bits per heavy atom. The van der Waals surface area contributed by atoms with Crippen molar-refractivity contribution in [1.82, 2.24) is 4.31 Å². The molecule has 4 rings (SSSR count). The van der Waals surface area contributed by atoms with Crippen LogP contribution in [0.5, 0.6) is 0 Å². The minimum absolute atomic E-state index is 0.0604. The van der Waals surface area contributed by atoms with E-state index in [0.717, 1.165) is 17.5 Å². The van der Waals surface area contributed by atoms with Crippen molar-refractivity contribution in [3.63, 3.8) is 0 Å². The van der Waals surface area contributed by atoms with Crippen LogP contribution in [-0.2, 0) is 29.4 Å². The Morgan fingerprint density at radius 2 is 1.74 bits per heavy atom. The highest BCUT2D eigenvalue weighted by molar-refractivity contribution is 7.89. The summed E-state index contributed by atoms with van der Waals surface area (Å²) in [7, 11) is -3.77. The third kappa shape index (κ3) is 4.37. The molecule has 31 heavy (non-hydrogen) atoms. The standard InChI is InChI=1S/C24H23ClN2O3S/c1-2-17-7-5-6-10-23(17)26-24(28)21-15-20(11-12-22(21)25)31(29,30)27-14-13-18-8-3-4-9-19(18)16-27/h3-12,15H,2,13-14,16H2,1H3,(H,26,28). The van der Waals surface area contributed by atoms with Crippen molar-refractivity contribution in [3.8, 4) is 0 Å². The summed E-state index contributed by atoms with van der Waals surface area (Å²) in [5.41, 5.74) is 3.97. The molecule has 160 valence electrons. The SMILES string of the molecule is CCc1ccccc1NC(=O)c1cc(S(=O)(=O)N2CCc3ccccc3C2)ccc1Cl. The molecule has 0 spiro atoms. The first-order chi connectivity index (χ1) is 14.9. The highest BCUT2D eigenvalue weighted by Gasteiger charge is 2.29. The summed E-state index contributed by atoms with van der Waals surface area (Å²) in [6, 6.07) is 19.6. The summed E-state index contributed by atoms with van der Waals surface area (Å²) >= 11 is 6.26. The molecule has 1 amide bonds. The van der Waals surface area contributed by atoms with Crippen molar-refractivity contribution in [2.24, 2.45) is 0 Å². The predicted octanol–water partition coefficient (Wildman–Crippen LogP) is 4.90. The molecule has 0 fully saturated rings. The lowest BCUT2D eigenvalue weighted by Crippen LogP contribution is -2.36. The van der Waals surface area contributed by atoms with Gasteiger partial charge in [0.1, 0.15) is 0 Å². The number of fused-ring (bicyclic) bond motifs is 1. The number of nitrogens with one attached hydrogen (secondary N) is 1. The summed E-state index contributed by atoms with van der Waals surface area (Å²) < 4.78 is 28.0. The van der Waals surface area contributed by atoms with Crippen molar-refractivity contribution in [2.45, 2.75) is 31.2 Å². The maximum atomic E-state index is 13.3. The molecular formula is C24H23ClN2O3S. The lowest BCUT2D eigenvalue weighted by molar-refractivity contribution is 0.102. The molecule has 0 bridgehead atoms. The normalized spacial score (nSPS) is 14.1. The number of anilines is 1. The number of nitrogens with zero attached hydrogens (tertiary/aromatic N) is 1. The second-order valence-corrected chi connectivity index (χ2v) is 9.81. The van der Waals surface area contributed by atoms with E-state index >= 15 is 0 Å². The summed E-state index contributed by atoms with van der Waals surface area (Å²) in [6.45, 7) is 2.71. The molecule has 1 heterocycles. The van der Waals surface area contributed by atoms with Gasteiger partial charge in [-0.3, -0.25) is 4.79 Å². The fourth-order valence-corrected chi connectivity index (χ4v) is 5.45. The predicted molar refractivity (Wildman–Crippen MR) is 123 cm³/mol. The van der Waals surface area contributed by atoms with Gasteiger partial charge in [-0.25, -0.2) is 8.42 Å². The van der Waals surface area contributed by atoms with Crippen LogP contribution in [0, 0.1) is 0 Å². The first kappa shape index (κ1) is 21.6. The fourth-order valence-electron chi connectivity index (χ4n) is 3.80. The number of sulfonamides is 1. The molecule has 0 saturated carbocycles. The van der Waals surface area contributed by atoms with Gasteiger partial charge in [-0.15, -0.1) is 0 Å². The second-order valence-electron chi connectivity index (χ2n) is 7.46. The molecule has 0 unspecified atom stereocenters. The van der Waals surface area contributed by atoms with E-state index in [-0.39, 0.29) is 15.5 Å². The number of hydrogen-bond donors (Lipinski definition) is 1. The van der Waals surface area contributed by atoms with E-state index in [1.165, 1.54) is 28.1 Å². The highest BCUT2D eigenvalue weighted by Crippen LogP contribution is 2.28. The van der Waals surface area contributed by atoms with Gasteiger partial charge in [-0.05, 0) is 53.8 Å². The van der Waals surface area contributed by atoms with Gasteiger partial charge in [-0.1, -0.05) is 61.0 Å². The van der Waals surface area contributed by atoms with E-state index in [1.54, 1.807) is 0 Å². The van der Waals surface area contributed by atoms with Crippen LogP contribution in [0.25, 0.3) is 0 Å². The number of rotatable bonds is 5. The molecule has 1 aliphatic rings. The molecule has 0 radical (unpaired) electrons. The molecule has 0 saturated heterocycles. The number of aryl methyl sites for hydroxylation is 1. The minimum atomic E-state index is -3.77. The maximum Gasteiger partial charge on any atom is 0.257 e. The van der Waals surface area contributed by atoms with E-state index < -0.39 is 15.9 Å². The Hall–Kier alpha value is -2.67. The number of halogens is 1. The number of benzene rings is 3. The van der Waals surface area contributed by atoms with Crippen LogP contribution < -0.4 is 5.32 Å². The number of amides is 1. The van der Waals surface area contributed by atoms with Crippen molar-refractivity contribution in [2.75, 3.05) is 11.9 Å². The Morgan fingerprint density at radius 3 is 2.52 bits per heavy atom. The zero-order chi connectivity index (χ0) is 22.0. The molecule has 1 N–H and O–H groups in total. The van der Waals surface area contributed by atoms with Crippen LogP contribution in [0.1, 0.15) is 34.0 Å². The highest BCUT2D eigenvalue weighted by atomic mass is 35.5. The number of para-hydroxylation sites is 1. The van der Waals surface area contributed by atoms with Crippen LogP contribution >= 0.6 is 11.6 Å². The minimum Gasteiger partial charge on any atom is -0.322 e. The average molecular weight is 455 g/mol. The smallest absolute Gasteiger partial charge is 0.257 e. The third-order valence-electron chi connectivity index (χ3n) is 5.56. The van der Waals surface area contributed by atoms with E-state index in [2.05, 4.69) is 5.32 Å². The van der Waals surface area contributed by atoms with Gasteiger partial charge in [-0.2, -0.15) is 4.31 Å². The fraction of sp³-hybridized carbons (Fsp3) is 0.208. The Kier molecular flexibility index (Phi) is 6.14. The maximum absolute atomic E-state index is 13.3. The number of carbonyl (C=O) groups excluding carboxylic acids is 1. The monoisotopic (exact) mass is 454 g/mol. The van der Waals surface area contributed by atoms with Crippen molar-refractivity contribution < 1.29 is 13.2 Å². The van der Waals surface area contributed by atoms with Gasteiger partial charge in [0, 0.05) is 18.8 Å². The van der Waals surface area contributed by atoms with Crippen LogP contribution in [0.15, 0.2) is 71.6 Å². The summed E-state index contributed by atoms with van der Waals surface area (Å²) in [5, 5.41) is 3.06. The third-order valence-corrected chi connectivity index (χ3v) is 7.73. The van der Waals surface area contributed by atoms with E-state index in [1.807, 2.05) is 55.5 Å². The summed E-state index contributed by atoms with van der Waals surface area (Å²) in [6.07, 6.45) is 1.42. The van der Waals surface area contributed by atoms with Gasteiger partial charge in [0.2, 0.25) is 10.0 Å². The van der Waals surface area contributed by atoms with E-state index in [0.29, 0.717) is 25.2 Å². The van der Waals surface area contributed by atoms with Crippen molar-refractivity contribution >= 4 is 33.2 Å². The molecule has 7 heteroatoms. The molecule has 3 aromatic rings. The van der Waals surface area contributed by atoms with E-state index in [9.17, 15) is 13.2 Å². The summed E-state index contributed by atoms with van der Waals surface area (Å²) in [5.74, 6) is -0.438. The first-order valence-electron chi connectivity index (χ1n) is 10.2. The van der Waals surface area contributed by atoms with Gasteiger partial charge in [0.25, 0.3) is 5.91 Å². The topological polar surface area (TPSA) is 66.5 Å². The van der Waals surface area contributed by atoms with Crippen molar-refractivity contribution in [3.05, 3.63) is 94.0 Å². The van der Waals surface area contributed by atoms with Crippen LogP contribution in [-0.4, -0.2) is 25.2 Å². The number of hydrogen-bond acceptors (Lipinski definition) is 3. The Labute approximate surface area is 187 Å². The molecule has 0 aromatic heterocycles. The van der Waals surface area contributed by atoms with E-state index in [4.69, 9.17) is 11.6 Å². The van der Waals surface area contributed by atoms with Gasteiger partial charge < -0.3 is 5.32 Å². The zero-order valence-corrected chi connectivity index (χ0v) is 18.7. The lowest BCUT2D eigenvalue weighted by atomic mass is 10.0. The van der Waals surface area contributed by atoms with Crippen LogP contribution in [0.2, 0.25) is 5.02 Å². The van der Waals surface area contributed by atoms with Crippen LogP contribution in [0.3, 0.4) is 0 Å². The summed E-state index contributed by atoms with van der Waals surface area (Å²) in [4.78, 5) is 13.0. The Balaban J connectivity index is 1.62. The van der Waals surface area contributed by atoms with Gasteiger partial charge in [0.15, 0.2) is 0 Å². The zero-order valence-electron chi connectivity index (χ0n) is 17.1. The average Bonchev–Trinajstić information content (AvgIpc) is 2.79. The lowest BCUT2D eigenvalue weighted by Gasteiger charge is -2.28. The second kappa shape index (κ2) is 8.83. The van der Waals surface area contributed by atoms with Gasteiger partial charge >= 0.3 is 0 Å². The quantitative estimate of drug-likeness (QED) is 0.596. The van der Waals surface area contributed by atoms with Crippen molar-refractivity contribution in [1.29, 1.82) is 0 Å². The molecule has 0 aliphatic carbocycles. The molecule has 5 nitrogen and oxygen atoms in total. The molecule has 1 aliphatic heterocycles. The Bertz CT molecular complexity index is 1240. The molecule has 3 aromatic carbocycles. The number of carbonyl (C=O) groups is 1. The first-order valence-corrected chi connectivity index (χ1v) is 12.0. The molecular weight excluding hydrogens is 432 g/mol.